The van der Waals surface area contributed by atoms with Crippen LogP contribution in [0.25, 0.3) is 0 Å². The van der Waals surface area contributed by atoms with Crippen LogP contribution in [0.4, 0.5) is 0 Å². The molecule has 3 N–H and O–H groups in total. The van der Waals surface area contributed by atoms with Crippen LogP contribution in [0, 0.1) is 0 Å². The van der Waals surface area contributed by atoms with E-state index in [1.165, 1.54) is 12.1 Å². The first-order valence-electron chi connectivity index (χ1n) is 6.53. The zero-order valence-electron chi connectivity index (χ0n) is 11.1. The number of aliphatic hydroxyl groups is 1. The molecule has 0 aromatic heterocycles. The van der Waals surface area contributed by atoms with Crippen LogP contribution in [0.5, 0.6) is 0 Å². The Morgan fingerprint density at radius 3 is 2.67 bits per heavy atom. The summed E-state index contributed by atoms with van der Waals surface area (Å²) in [6.07, 6.45) is 1.85. The number of hydrogen-bond acceptors (Lipinski definition) is 4. The van der Waals surface area contributed by atoms with Gasteiger partial charge < -0.3 is 10.2 Å². The van der Waals surface area contributed by atoms with Gasteiger partial charge in [-0.2, -0.15) is 0 Å². The molecule has 21 heavy (non-hydrogen) atoms. The molecule has 0 heterocycles. The second kappa shape index (κ2) is 6.31. The van der Waals surface area contributed by atoms with Crippen LogP contribution in [-0.2, 0) is 10.0 Å². The van der Waals surface area contributed by atoms with E-state index >= 15 is 0 Å². The van der Waals surface area contributed by atoms with Gasteiger partial charge in [-0.1, -0.05) is 11.6 Å². The summed E-state index contributed by atoms with van der Waals surface area (Å²) in [5.74, 6) is -1.23. The monoisotopic (exact) mass is 333 g/mol. The van der Waals surface area contributed by atoms with Gasteiger partial charge in [-0.05, 0) is 43.9 Å². The summed E-state index contributed by atoms with van der Waals surface area (Å²) >= 11 is 5.87. The molecule has 8 heteroatoms. The summed E-state index contributed by atoms with van der Waals surface area (Å²) in [6.45, 7) is 0. The van der Waals surface area contributed by atoms with Gasteiger partial charge in [-0.25, -0.2) is 17.9 Å². The molecular weight excluding hydrogens is 318 g/mol. The fourth-order valence-corrected chi connectivity index (χ4v) is 4.21. The highest BCUT2D eigenvalue weighted by Gasteiger charge is 2.27. The van der Waals surface area contributed by atoms with E-state index in [-0.39, 0.29) is 21.5 Å². The highest BCUT2D eigenvalue weighted by Crippen LogP contribution is 2.25. The quantitative estimate of drug-likeness (QED) is 0.776. The fourth-order valence-electron chi connectivity index (χ4n) is 2.40. The standard InChI is InChI=1S/C13H16ClNO5S/c14-11-5-4-8(13(17)18)6-12(11)21(19,20)15-9-2-1-3-10(16)7-9/h4-6,9-10,15-16H,1-3,7H2,(H,17,18). The molecule has 0 aliphatic heterocycles. The molecule has 1 fully saturated rings. The van der Waals surface area contributed by atoms with E-state index in [1.54, 1.807) is 0 Å². The Bertz CT molecular complexity index is 646. The Morgan fingerprint density at radius 2 is 2.05 bits per heavy atom. The molecule has 0 spiro atoms. The molecule has 1 aromatic rings. The van der Waals surface area contributed by atoms with Gasteiger partial charge in [0.15, 0.2) is 0 Å². The Labute approximate surface area is 127 Å². The van der Waals surface area contributed by atoms with E-state index in [4.69, 9.17) is 16.7 Å². The molecule has 2 rings (SSSR count). The highest BCUT2D eigenvalue weighted by molar-refractivity contribution is 7.89. The normalized spacial score (nSPS) is 23.0. The van der Waals surface area contributed by atoms with Crippen LogP contribution in [0.3, 0.4) is 0 Å². The molecule has 6 nitrogen and oxygen atoms in total. The van der Waals surface area contributed by atoms with E-state index in [0.717, 1.165) is 12.5 Å². The van der Waals surface area contributed by atoms with Crippen molar-refractivity contribution in [1.29, 1.82) is 0 Å². The van der Waals surface area contributed by atoms with Gasteiger partial charge in [-0.3, -0.25) is 0 Å². The van der Waals surface area contributed by atoms with Gasteiger partial charge in [0.25, 0.3) is 0 Å². The number of aromatic carboxylic acids is 1. The molecule has 1 aliphatic rings. The Hall–Kier alpha value is -1.15. The topological polar surface area (TPSA) is 104 Å². The van der Waals surface area contributed by atoms with E-state index in [2.05, 4.69) is 4.72 Å². The maximum Gasteiger partial charge on any atom is 0.335 e. The van der Waals surface area contributed by atoms with Crippen LogP contribution in [-0.4, -0.2) is 36.7 Å². The smallest absolute Gasteiger partial charge is 0.335 e. The SMILES string of the molecule is O=C(O)c1ccc(Cl)c(S(=O)(=O)NC2CCCC(O)C2)c1. The van der Waals surface area contributed by atoms with Crippen molar-refractivity contribution in [3.05, 3.63) is 28.8 Å². The average Bonchev–Trinajstić information content (AvgIpc) is 2.38. The maximum atomic E-state index is 12.3. The third-order valence-electron chi connectivity index (χ3n) is 3.44. The van der Waals surface area contributed by atoms with Gasteiger partial charge in [0.2, 0.25) is 10.0 Å². The van der Waals surface area contributed by atoms with E-state index in [0.29, 0.717) is 19.3 Å². The minimum atomic E-state index is -3.93. The summed E-state index contributed by atoms with van der Waals surface area (Å²) in [5.41, 5.74) is -0.150. The van der Waals surface area contributed by atoms with Crippen LogP contribution in [0.2, 0.25) is 5.02 Å². The third kappa shape index (κ3) is 3.94. The molecule has 0 saturated heterocycles. The van der Waals surface area contributed by atoms with Crippen molar-refractivity contribution in [3.8, 4) is 0 Å². The molecule has 1 aliphatic carbocycles. The zero-order valence-corrected chi connectivity index (χ0v) is 12.7. The van der Waals surface area contributed by atoms with Gasteiger partial charge in [0.05, 0.1) is 16.7 Å². The van der Waals surface area contributed by atoms with Gasteiger partial charge in [-0.15, -0.1) is 0 Å². The van der Waals surface area contributed by atoms with Crippen molar-refractivity contribution in [2.24, 2.45) is 0 Å². The number of aliphatic hydroxyl groups excluding tert-OH is 1. The minimum absolute atomic E-state index is 0.0381. The Kier molecular flexibility index (Phi) is 4.88. The fraction of sp³-hybridized carbons (Fsp3) is 0.462. The highest BCUT2D eigenvalue weighted by atomic mass is 35.5. The number of benzene rings is 1. The lowest BCUT2D eigenvalue weighted by molar-refractivity contribution is 0.0696. The second-order valence-corrected chi connectivity index (χ2v) is 7.18. The minimum Gasteiger partial charge on any atom is -0.478 e. The summed E-state index contributed by atoms with van der Waals surface area (Å²) in [6, 6.07) is 3.15. The number of nitrogens with one attached hydrogen (secondary N) is 1. The largest absolute Gasteiger partial charge is 0.478 e. The Morgan fingerprint density at radius 1 is 1.33 bits per heavy atom. The number of rotatable bonds is 4. The summed E-state index contributed by atoms with van der Waals surface area (Å²) in [5, 5.41) is 18.5. The first kappa shape index (κ1) is 16.2. The predicted octanol–water partition coefficient (Wildman–Crippen LogP) is 1.62. The van der Waals surface area contributed by atoms with Crippen LogP contribution in [0.15, 0.2) is 23.1 Å². The van der Waals surface area contributed by atoms with Crippen LogP contribution >= 0.6 is 11.6 Å². The molecule has 2 unspecified atom stereocenters. The van der Waals surface area contributed by atoms with Gasteiger partial charge in [0.1, 0.15) is 4.90 Å². The molecule has 2 atom stereocenters. The lowest BCUT2D eigenvalue weighted by Gasteiger charge is -2.26. The molecule has 1 aromatic carbocycles. The van der Waals surface area contributed by atoms with Crippen LogP contribution in [0.1, 0.15) is 36.0 Å². The first-order valence-corrected chi connectivity index (χ1v) is 8.39. The van der Waals surface area contributed by atoms with Crippen molar-refractivity contribution < 1.29 is 23.4 Å². The van der Waals surface area contributed by atoms with Gasteiger partial charge >= 0.3 is 5.97 Å². The summed E-state index contributed by atoms with van der Waals surface area (Å²) in [4.78, 5) is 10.7. The number of carboxylic acid groups (broad SMARTS) is 1. The number of halogens is 1. The van der Waals surface area contributed by atoms with Crippen molar-refractivity contribution in [2.75, 3.05) is 0 Å². The lowest BCUT2D eigenvalue weighted by atomic mass is 9.94. The Balaban J connectivity index is 2.26. The number of hydrogen-bond donors (Lipinski definition) is 3. The summed E-state index contributed by atoms with van der Waals surface area (Å²) in [7, 11) is -3.93. The number of carboxylic acids is 1. The van der Waals surface area contributed by atoms with Crippen molar-refractivity contribution in [1.82, 2.24) is 4.72 Å². The van der Waals surface area contributed by atoms with Crippen molar-refractivity contribution in [3.63, 3.8) is 0 Å². The van der Waals surface area contributed by atoms with Crippen molar-refractivity contribution in [2.45, 2.75) is 42.7 Å². The van der Waals surface area contributed by atoms with E-state index in [1.807, 2.05) is 0 Å². The van der Waals surface area contributed by atoms with Crippen molar-refractivity contribution >= 4 is 27.6 Å². The second-order valence-electron chi connectivity index (χ2n) is 5.09. The number of sulfonamides is 1. The average molecular weight is 334 g/mol. The molecular formula is C13H16ClNO5S. The lowest BCUT2D eigenvalue weighted by Crippen LogP contribution is -2.39. The third-order valence-corrected chi connectivity index (χ3v) is 5.44. The maximum absolute atomic E-state index is 12.3. The molecule has 116 valence electrons. The molecule has 0 radical (unpaired) electrons. The summed E-state index contributed by atoms with van der Waals surface area (Å²) < 4.78 is 27.1. The molecule has 0 bridgehead atoms. The van der Waals surface area contributed by atoms with Crippen LogP contribution < -0.4 is 4.72 Å². The molecule has 1 saturated carbocycles. The molecule has 0 amide bonds. The predicted molar refractivity (Wildman–Crippen MR) is 77.0 cm³/mol. The van der Waals surface area contributed by atoms with E-state index < -0.39 is 22.1 Å². The van der Waals surface area contributed by atoms with Gasteiger partial charge in [0, 0.05) is 6.04 Å². The first-order chi connectivity index (χ1) is 9.79. The van der Waals surface area contributed by atoms with E-state index in [9.17, 15) is 18.3 Å². The zero-order chi connectivity index (χ0) is 15.6. The number of carbonyl (C=O) groups is 1.